The van der Waals surface area contributed by atoms with E-state index in [0.717, 1.165) is 25.2 Å². The summed E-state index contributed by atoms with van der Waals surface area (Å²) in [6, 6.07) is 0. The van der Waals surface area contributed by atoms with E-state index in [-0.39, 0.29) is 5.60 Å². The largest absolute Gasteiger partial charge is 0.390 e. The molecule has 1 aliphatic rings. The average Bonchev–Trinajstić information content (AvgIpc) is 2.28. The molecule has 0 spiro atoms. The number of hydrogen-bond donors (Lipinski definition) is 1. The summed E-state index contributed by atoms with van der Waals surface area (Å²) >= 11 is 0. The van der Waals surface area contributed by atoms with Crippen molar-refractivity contribution in [2.75, 3.05) is 0 Å². The zero-order valence-corrected chi connectivity index (χ0v) is 7.77. The molecule has 1 saturated carbocycles. The van der Waals surface area contributed by atoms with Crippen LogP contribution in [0.4, 0.5) is 0 Å². The predicted octanol–water partition coefficient (Wildman–Crippen LogP) is 2.73. The highest BCUT2D eigenvalue weighted by atomic mass is 16.3. The van der Waals surface area contributed by atoms with Crippen molar-refractivity contribution in [2.45, 2.75) is 58.0 Å². The molecule has 66 valence electrons. The van der Waals surface area contributed by atoms with Gasteiger partial charge >= 0.3 is 0 Å². The van der Waals surface area contributed by atoms with Crippen LogP contribution in [0.3, 0.4) is 0 Å². The van der Waals surface area contributed by atoms with E-state index < -0.39 is 0 Å². The molecule has 0 aromatic carbocycles. The first kappa shape index (κ1) is 9.05. The van der Waals surface area contributed by atoms with Crippen LogP contribution >= 0.6 is 0 Å². The summed E-state index contributed by atoms with van der Waals surface area (Å²) in [7, 11) is 0. The predicted molar refractivity (Wildman–Crippen MR) is 47.5 cm³/mol. The zero-order chi connectivity index (χ0) is 8.32. The van der Waals surface area contributed by atoms with Gasteiger partial charge in [0.15, 0.2) is 0 Å². The van der Waals surface area contributed by atoms with Crippen molar-refractivity contribution in [3.63, 3.8) is 0 Å². The van der Waals surface area contributed by atoms with Crippen LogP contribution < -0.4 is 0 Å². The number of hydrogen-bond acceptors (Lipinski definition) is 1. The Labute approximate surface area is 69.8 Å². The second kappa shape index (κ2) is 3.57. The van der Waals surface area contributed by atoms with Gasteiger partial charge in [-0.25, -0.2) is 0 Å². The van der Waals surface area contributed by atoms with Crippen LogP contribution in [0.25, 0.3) is 0 Å². The lowest BCUT2D eigenvalue weighted by Gasteiger charge is -2.21. The summed E-state index contributed by atoms with van der Waals surface area (Å²) in [6.45, 7) is 4.42. The van der Waals surface area contributed by atoms with Crippen LogP contribution in [0, 0.1) is 5.92 Å². The van der Waals surface area contributed by atoms with Crippen LogP contribution in [-0.4, -0.2) is 10.7 Å². The lowest BCUT2D eigenvalue weighted by molar-refractivity contribution is 0.0332. The van der Waals surface area contributed by atoms with Gasteiger partial charge in [-0.2, -0.15) is 0 Å². The van der Waals surface area contributed by atoms with Crippen molar-refractivity contribution >= 4 is 0 Å². The minimum atomic E-state index is -0.282. The van der Waals surface area contributed by atoms with Crippen LogP contribution in [0.1, 0.15) is 52.4 Å². The van der Waals surface area contributed by atoms with E-state index in [9.17, 15) is 5.11 Å². The van der Waals surface area contributed by atoms with E-state index in [0.29, 0.717) is 0 Å². The van der Waals surface area contributed by atoms with Crippen molar-refractivity contribution in [1.29, 1.82) is 0 Å². The molecule has 0 heterocycles. The smallest absolute Gasteiger partial charge is 0.0650 e. The highest BCUT2D eigenvalue weighted by molar-refractivity contribution is 4.87. The Morgan fingerprint density at radius 3 is 2.73 bits per heavy atom. The normalized spacial score (nSPS) is 37.9. The number of rotatable bonds is 3. The van der Waals surface area contributed by atoms with Crippen LogP contribution in [0.2, 0.25) is 0 Å². The standard InChI is InChI=1S/C10H20O/c1-3-4-6-10(11)7-5-9(2)8-10/h9,11H,3-8H2,1-2H3/t9?,10-/m1/s1. The third-order valence-electron chi connectivity index (χ3n) is 2.83. The zero-order valence-electron chi connectivity index (χ0n) is 7.77. The van der Waals surface area contributed by atoms with E-state index in [1.54, 1.807) is 0 Å². The number of unbranched alkanes of at least 4 members (excludes halogenated alkanes) is 1. The maximum atomic E-state index is 9.99. The Balaban J connectivity index is 2.29. The van der Waals surface area contributed by atoms with Crippen molar-refractivity contribution in [2.24, 2.45) is 5.92 Å². The maximum absolute atomic E-state index is 9.99. The SMILES string of the molecule is CCCC[C@@]1(O)CCC(C)C1. The van der Waals surface area contributed by atoms with Gasteiger partial charge in [0, 0.05) is 0 Å². The van der Waals surface area contributed by atoms with Gasteiger partial charge in [-0.3, -0.25) is 0 Å². The third kappa shape index (κ3) is 2.48. The van der Waals surface area contributed by atoms with Gasteiger partial charge in [0.2, 0.25) is 0 Å². The lowest BCUT2D eigenvalue weighted by atomic mass is 9.94. The molecule has 0 aromatic heterocycles. The van der Waals surface area contributed by atoms with Crippen LogP contribution in [-0.2, 0) is 0 Å². The van der Waals surface area contributed by atoms with Gasteiger partial charge in [-0.05, 0) is 31.6 Å². The summed E-state index contributed by atoms with van der Waals surface area (Å²) in [5, 5.41) is 9.99. The van der Waals surface area contributed by atoms with E-state index >= 15 is 0 Å². The topological polar surface area (TPSA) is 20.2 Å². The Hall–Kier alpha value is -0.0400. The van der Waals surface area contributed by atoms with Gasteiger partial charge in [-0.15, -0.1) is 0 Å². The molecular formula is C10H20O. The molecular weight excluding hydrogens is 136 g/mol. The van der Waals surface area contributed by atoms with E-state index in [1.807, 2.05) is 0 Å². The molecule has 0 bridgehead atoms. The first-order valence-electron chi connectivity index (χ1n) is 4.89. The number of aliphatic hydroxyl groups is 1. The molecule has 0 aromatic rings. The highest BCUT2D eigenvalue weighted by Gasteiger charge is 2.34. The fourth-order valence-corrected chi connectivity index (χ4v) is 2.10. The summed E-state index contributed by atoms with van der Waals surface area (Å²) in [4.78, 5) is 0. The lowest BCUT2D eigenvalue weighted by Crippen LogP contribution is -2.24. The summed E-state index contributed by atoms with van der Waals surface area (Å²) in [5.41, 5.74) is -0.282. The molecule has 1 heteroatoms. The van der Waals surface area contributed by atoms with Crippen LogP contribution in [0.5, 0.6) is 0 Å². The first-order valence-corrected chi connectivity index (χ1v) is 4.89. The van der Waals surface area contributed by atoms with Gasteiger partial charge in [0.25, 0.3) is 0 Å². The molecule has 1 unspecified atom stereocenters. The maximum Gasteiger partial charge on any atom is 0.0650 e. The van der Waals surface area contributed by atoms with Crippen molar-refractivity contribution in [3.05, 3.63) is 0 Å². The Bertz CT molecular complexity index is 122. The minimum absolute atomic E-state index is 0.282. The fourth-order valence-electron chi connectivity index (χ4n) is 2.10. The molecule has 11 heavy (non-hydrogen) atoms. The molecule has 1 N–H and O–H groups in total. The van der Waals surface area contributed by atoms with E-state index in [1.165, 1.54) is 19.3 Å². The van der Waals surface area contributed by atoms with E-state index in [4.69, 9.17) is 0 Å². The van der Waals surface area contributed by atoms with Crippen molar-refractivity contribution in [3.8, 4) is 0 Å². The highest BCUT2D eigenvalue weighted by Crippen LogP contribution is 2.37. The molecule has 0 aliphatic heterocycles. The monoisotopic (exact) mass is 156 g/mol. The Kier molecular flexibility index (Phi) is 2.94. The summed E-state index contributed by atoms with van der Waals surface area (Å²) < 4.78 is 0. The van der Waals surface area contributed by atoms with Crippen molar-refractivity contribution < 1.29 is 5.11 Å². The molecule has 1 rings (SSSR count). The average molecular weight is 156 g/mol. The van der Waals surface area contributed by atoms with Crippen LogP contribution in [0.15, 0.2) is 0 Å². The molecule has 2 atom stereocenters. The summed E-state index contributed by atoms with van der Waals surface area (Å²) in [5.74, 6) is 0.747. The van der Waals surface area contributed by atoms with Crippen molar-refractivity contribution in [1.82, 2.24) is 0 Å². The second-order valence-electron chi connectivity index (χ2n) is 4.18. The Morgan fingerprint density at radius 1 is 1.55 bits per heavy atom. The second-order valence-corrected chi connectivity index (χ2v) is 4.18. The van der Waals surface area contributed by atoms with E-state index in [2.05, 4.69) is 13.8 Å². The minimum Gasteiger partial charge on any atom is -0.390 e. The molecule has 1 nitrogen and oxygen atoms in total. The van der Waals surface area contributed by atoms with Gasteiger partial charge in [-0.1, -0.05) is 26.7 Å². The molecule has 0 amide bonds. The quantitative estimate of drug-likeness (QED) is 0.666. The fraction of sp³-hybridized carbons (Fsp3) is 1.00. The Morgan fingerprint density at radius 2 is 2.27 bits per heavy atom. The van der Waals surface area contributed by atoms with Gasteiger partial charge < -0.3 is 5.11 Å². The van der Waals surface area contributed by atoms with Gasteiger partial charge in [0.05, 0.1) is 5.60 Å². The third-order valence-corrected chi connectivity index (χ3v) is 2.83. The summed E-state index contributed by atoms with van der Waals surface area (Å²) in [6.07, 6.45) is 6.70. The molecule has 1 aliphatic carbocycles. The molecule has 0 radical (unpaired) electrons. The molecule has 0 saturated heterocycles. The molecule has 1 fully saturated rings. The van der Waals surface area contributed by atoms with Gasteiger partial charge in [0.1, 0.15) is 0 Å². The first-order chi connectivity index (χ1) is 5.16.